The van der Waals surface area contributed by atoms with Crippen molar-refractivity contribution in [2.75, 3.05) is 26.2 Å². The Hall–Kier alpha value is -3.02. The Morgan fingerprint density at radius 3 is 1.98 bits per heavy atom. The van der Waals surface area contributed by atoms with Gasteiger partial charge in [-0.25, -0.2) is 0 Å². The van der Waals surface area contributed by atoms with E-state index < -0.39 is 30.0 Å². The molecule has 3 atom stereocenters. The van der Waals surface area contributed by atoms with Crippen LogP contribution in [0, 0.1) is 11.8 Å². The Morgan fingerprint density at radius 1 is 0.723 bits per heavy atom. The molecule has 0 aromatic rings. The summed E-state index contributed by atoms with van der Waals surface area (Å²) < 4.78 is 0. The lowest BCUT2D eigenvalue weighted by atomic mass is 9.98. The monoisotopic (exact) mass is 667 g/mol. The second kappa shape index (κ2) is 26.0. The number of hydrogen-bond acceptors (Lipinski definition) is 7. The summed E-state index contributed by atoms with van der Waals surface area (Å²) in [6.45, 7) is 14.9. The summed E-state index contributed by atoms with van der Waals surface area (Å²) in [4.78, 5) is 77.4. The van der Waals surface area contributed by atoms with Gasteiger partial charge in [0.1, 0.15) is 6.04 Å². The third-order valence-corrected chi connectivity index (χ3v) is 8.08. The fourth-order valence-corrected chi connectivity index (χ4v) is 5.37. The van der Waals surface area contributed by atoms with E-state index in [0.29, 0.717) is 45.2 Å². The molecule has 0 fully saturated rings. The Labute approximate surface area is 283 Å². The number of hydrogen-bond donors (Lipinski definition) is 5. The normalized spacial score (nSPS) is 13.1. The molecule has 3 unspecified atom stereocenters. The van der Waals surface area contributed by atoms with Crippen LogP contribution >= 0.6 is 0 Å². The predicted molar refractivity (Wildman–Crippen MR) is 185 cm³/mol. The Bertz CT molecular complexity index is 957. The highest BCUT2D eigenvalue weighted by molar-refractivity contribution is 5.93. The predicted octanol–water partition coefficient (Wildman–Crippen LogP) is 3.96. The Morgan fingerprint density at radius 2 is 1.40 bits per heavy atom. The van der Waals surface area contributed by atoms with Crippen LogP contribution in [0.4, 0.5) is 0 Å². The van der Waals surface area contributed by atoms with Crippen LogP contribution < -0.4 is 21.3 Å². The van der Waals surface area contributed by atoms with Crippen LogP contribution in [0.15, 0.2) is 0 Å². The number of amides is 4. The summed E-state index contributed by atoms with van der Waals surface area (Å²) in [6.07, 6.45) is 7.70. The van der Waals surface area contributed by atoms with Crippen molar-refractivity contribution < 1.29 is 33.9 Å². The second-order valence-electron chi connectivity index (χ2n) is 13.1. The molecular weight excluding hydrogens is 602 g/mol. The van der Waals surface area contributed by atoms with Crippen LogP contribution in [-0.2, 0) is 28.8 Å². The van der Waals surface area contributed by atoms with Gasteiger partial charge < -0.3 is 31.3 Å². The molecule has 0 aromatic carbocycles. The maximum Gasteiger partial charge on any atom is 0.303 e. The lowest BCUT2D eigenvalue weighted by Gasteiger charge is -2.31. The molecule has 0 heterocycles. The van der Waals surface area contributed by atoms with Crippen molar-refractivity contribution in [3.63, 3.8) is 0 Å². The lowest BCUT2D eigenvalue weighted by Crippen LogP contribution is -2.56. The van der Waals surface area contributed by atoms with E-state index in [-0.39, 0.29) is 61.3 Å². The summed E-state index contributed by atoms with van der Waals surface area (Å²) in [6, 6.07) is -1.90. The van der Waals surface area contributed by atoms with Crippen LogP contribution in [0.2, 0.25) is 0 Å². The first-order valence-corrected chi connectivity index (χ1v) is 17.9. The van der Waals surface area contributed by atoms with Crippen LogP contribution in [0.25, 0.3) is 0 Å². The van der Waals surface area contributed by atoms with Crippen molar-refractivity contribution in [2.45, 2.75) is 150 Å². The van der Waals surface area contributed by atoms with Crippen molar-refractivity contribution >= 4 is 35.4 Å². The molecule has 0 spiro atoms. The summed E-state index contributed by atoms with van der Waals surface area (Å²) in [5.41, 5.74) is 0. The first kappa shape index (κ1) is 44.0. The van der Waals surface area contributed by atoms with Crippen molar-refractivity contribution in [3.8, 4) is 0 Å². The highest BCUT2D eigenvalue weighted by Gasteiger charge is 2.30. The number of Topliss-reactive ketones (excluding diaryl/α,β-unsaturated/α-hetero) is 1. The molecule has 0 aromatic heterocycles. The molecule has 0 radical (unpaired) electrons. The van der Waals surface area contributed by atoms with E-state index >= 15 is 0 Å². The maximum absolute atomic E-state index is 13.5. The number of ketones is 1. The maximum atomic E-state index is 13.5. The van der Waals surface area contributed by atoms with Gasteiger partial charge >= 0.3 is 5.97 Å². The van der Waals surface area contributed by atoms with Gasteiger partial charge in [-0.15, -0.1) is 0 Å². The molecule has 0 saturated heterocycles. The minimum Gasteiger partial charge on any atom is -0.481 e. The average Bonchev–Trinajstić information content (AvgIpc) is 3.01. The molecular formula is C35H65N5O7. The van der Waals surface area contributed by atoms with Crippen LogP contribution in [0.5, 0.6) is 0 Å². The van der Waals surface area contributed by atoms with Crippen LogP contribution in [0.1, 0.15) is 132 Å². The number of unbranched alkanes of at least 4 members (excludes halogenated alkanes) is 5. The molecule has 0 aliphatic carbocycles. The van der Waals surface area contributed by atoms with Gasteiger partial charge in [0.15, 0.2) is 5.78 Å². The van der Waals surface area contributed by atoms with Gasteiger partial charge in [0.2, 0.25) is 23.6 Å². The van der Waals surface area contributed by atoms with Gasteiger partial charge in [-0.05, 0) is 63.8 Å². The van der Waals surface area contributed by atoms with Crippen molar-refractivity contribution in [3.05, 3.63) is 0 Å². The molecule has 0 saturated carbocycles. The number of rotatable bonds is 28. The molecule has 12 heteroatoms. The van der Waals surface area contributed by atoms with E-state index in [4.69, 9.17) is 5.11 Å². The molecule has 47 heavy (non-hydrogen) atoms. The van der Waals surface area contributed by atoms with Gasteiger partial charge in [-0.1, -0.05) is 67.2 Å². The van der Waals surface area contributed by atoms with Gasteiger partial charge in [0.25, 0.3) is 0 Å². The molecule has 0 rings (SSSR count). The van der Waals surface area contributed by atoms with Crippen LogP contribution in [-0.4, -0.2) is 89.7 Å². The summed E-state index contributed by atoms with van der Waals surface area (Å²) in [5.74, 6) is -2.29. The van der Waals surface area contributed by atoms with E-state index in [0.717, 1.165) is 38.5 Å². The molecule has 12 nitrogen and oxygen atoms in total. The average molecular weight is 668 g/mol. The fourth-order valence-electron chi connectivity index (χ4n) is 5.37. The highest BCUT2D eigenvalue weighted by atomic mass is 16.4. The van der Waals surface area contributed by atoms with Gasteiger partial charge in [-0.2, -0.15) is 0 Å². The van der Waals surface area contributed by atoms with E-state index in [1.54, 1.807) is 6.92 Å². The molecule has 0 aliphatic heterocycles. The third kappa shape index (κ3) is 20.1. The Kier molecular flexibility index (Phi) is 24.3. The summed E-state index contributed by atoms with van der Waals surface area (Å²) in [5, 5.41) is 20.4. The van der Waals surface area contributed by atoms with Crippen molar-refractivity contribution in [1.82, 2.24) is 26.2 Å². The molecule has 0 bridgehead atoms. The van der Waals surface area contributed by atoms with Crippen molar-refractivity contribution in [2.24, 2.45) is 11.8 Å². The number of carbonyl (C=O) groups excluding carboxylic acids is 5. The standard InChI is InChI=1S/C35H65N5O7/c1-8-11-13-14-18-29(41)28(17-15-16-22-36-30(42)19-20-32(44)45)40(10-3)31(43)24-38-34(46)27(23-25(4)5)39-35(47)33(26(6)7)37-21-12-9-2/h25-28,33,37H,8-24H2,1-7H3,(H,36,42)(H,38,46)(H,39,47)(H,44,45). The van der Waals surface area contributed by atoms with Gasteiger partial charge in [0.05, 0.1) is 25.0 Å². The largest absolute Gasteiger partial charge is 0.481 e. The molecule has 0 aliphatic rings. The number of carboxylic acids is 1. The first-order chi connectivity index (χ1) is 22.3. The summed E-state index contributed by atoms with van der Waals surface area (Å²) >= 11 is 0. The van der Waals surface area contributed by atoms with E-state index in [1.807, 2.05) is 27.7 Å². The lowest BCUT2D eigenvalue weighted by molar-refractivity contribution is -0.140. The molecule has 272 valence electrons. The SMILES string of the molecule is CCCCCCC(=O)C(CCCCNC(=O)CCC(=O)O)N(CC)C(=O)CNC(=O)C(CC(C)C)NC(=O)C(NCCCC)C(C)C. The zero-order valence-corrected chi connectivity index (χ0v) is 30.3. The number of nitrogens with zero attached hydrogens (tertiary/aromatic N) is 1. The molecule has 5 N–H and O–H groups in total. The minimum atomic E-state index is -1.03. The number of aliphatic carboxylic acids is 1. The number of carboxylic acid groups (broad SMARTS) is 1. The van der Waals surface area contributed by atoms with E-state index in [9.17, 15) is 28.8 Å². The fraction of sp³-hybridized carbons (Fsp3) is 0.829. The van der Waals surface area contributed by atoms with E-state index in [2.05, 4.69) is 35.1 Å². The highest BCUT2D eigenvalue weighted by Crippen LogP contribution is 2.16. The zero-order chi connectivity index (χ0) is 35.8. The minimum absolute atomic E-state index is 0.0200. The van der Waals surface area contributed by atoms with E-state index in [1.165, 1.54) is 4.90 Å². The van der Waals surface area contributed by atoms with Crippen LogP contribution in [0.3, 0.4) is 0 Å². The summed E-state index contributed by atoms with van der Waals surface area (Å²) in [7, 11) is 0. The zero-order valence-electron chi connectivity index (χ0n) is 30.3. The first-order valence-electron chi connectivity index (χ1n) is 17.9. The smallest absolute Gasteiger partial charge is 0.303 e. The van der Waals surface area contributed by atoms with Gasteiger partial charge in [-0.3, -0.25) is 28.8 Å². The molecule has 4 amide bonds. The second-order valence-corrected chi connectivity index (χ2v) is 13.1. The van der Waals surface area contributed by atoms with Gasteiger partial charge in [0, 0.05) is 25.9 Å². The number of likely N-dealkylation sites (N-methyl/N-ethyl adjacent to an activating group) is 1. The quantitative estimate of drug-likeness (QED) is 0.0780. The topological polar surface area (TPSA) is 174 Å². The van der Waals surface area contributed by atoms with Crippen molar-refractivity contribution in [1.29, 1.82) is 0 Å². The third-order valence-electron chi connectivity index (χ3n) is 8.08. The number of nitrogens with one attached hydrogen (secondary N) is 4. The Balaban J connectivity index is 5.48. The number of carbonyl (C=O) groups is 6.